The van der Waals surface area contributed by atoms with Crippen LogP contribution in [0.1, 0.15) is 43.4 Å². The van der Waals surface area contributed by atoms with E-state index in [1.165, 1.54) is 5.56 Å². The lowest BCUT2D eigenvalue weighted by Gasteiger charge is -2.19. The normalized spacial score (nSPS) is 13.4. The first kappa shape index (κ1) is 18.0. The van der Waals surface area contributed by atoms with Crippen LogP contribution in [-0.4, -0.2) is 25.9 Å². The minimum atomic E-state index is -4.10. The molecule has 5 heteroatoms. The monoisotopic (exact) mass is 303 g/mol. The smallest absolute Gasteiger partial charge is 0.379 e. The summed E-state index contributed by atoms with van der Waals surface area (Å²) in [6.45, 7) is 5.47. The van der Waals surface area contributed by atoms with Crippen LogP contribution in [0, 0.1) is 6.92 Å². The summed E-state index contributed by atoms with van der Waals surface area (Å²) in [6.07, 6.45) is -3.88. The molecule has 0 aliphatic carbocycles. The summed E-state index contributed by atoms with van der Waals surface area (Å²) in [4.78, 5) is 0. The van der Waals surface area contributed by atoms with Crippen LogP contribution in [0.3, 0.4) is 0 Å². The molecule has 120 valence electrons. The van der Waals surface area contributed by atoms with Crippen LogP contribution in [0.25, 0.3) is 0 Å². The van der Waals surface area contributed by atoms with Gasteiger partial charge in [0, 0.05) is 13.0 Å². The summed E-state index contributed by atoms with van der Waals surface area (Å²) in [5, 5.41) is 3.37. The Morgan fingerprint density at radius 3 is 2.43 bits per heavy atom. The van der Waals surface area contributed by atoms with Crippen LogP contribution in [0.4, 0.5) is 13.2 Å². The van der Waals surface area contributed by atoms with Crippen molar-refractivity contribution in [2.24, 2.45) is 0 Å². The Bertz CT molecular complexity index is 390. The van der Waals surface area contributed by atoms with E-state index in [1.807, 2.05) is 31.2 Å². The molecular formula is C16H24F3NO. The second-order valence-electron chi connectivity index (χ2n) is 5.21. The number of rotatable bonds is 9. The third-order valence-corrected chi connectivity index (χ3v) is 3.15. The SMILES string of the molecule is CCCNC(COCCCC(F)(F)F)c1ccc(C)cc1. The van der Waals surface area contributed by atoms with Gasteiger partial charge in [-0.25, -0.2) is 0 Å². The lowest BCUT2D eigenvalue weighted by atomic mass is 10.1. The summed E-state index contributed by atoms with van der Waals surface area (Å²) in [7, 11) is 0. The van der Waals surface area contributed by atoms with Gasteiger partial charge in [-0.1, -0.05) is 36.8 Å². The zero-order valence-electron chi connectivity index (χ0n) is 12.7. The summed E-state index contributed by atoms with van der Waals surface area (Å²) >= 11 is 0. The minimum Gasteiger partial charge on any atom is -0.379 e. The largest absolute Gasteiger partial charge is 0.389 e. The van der Waals surface area contributed by atoms with Crippen molar-refractivity contribution in [3.05, 3.63) is 35.4 Å². The van der Waals surface area contributed by atoms with Crippen LogP contribution in [-0.2, 0) is 4.74 Å². The van der Waals surface area contributed by atoms with E-state index in [1.54, 1.807) is 0 Å². The van der Waals surface area contributed by atoms with Crippen molar-refractivity contribution in [3.63, 3.8) is 0 Å². The highest BCUT2D eigenvalue weighted by Gasteiger charge is 2.26. The second-order valence-corrected chi connectivity index (χ2v) is 5.21. The van der Waals surface area contributed by atoms with E-state index in [-0.39, 0.29) is 19.1 Å². The van der Waals surface area contributed by atoms with Crippen molar-refractivity contribution < 1.29 is 17.9 Å². The van der Waals surface area contributed by atoms with E-state index in [4.69, 9.17) is 4.74 Å². The van der Waals surface area contributed by atoms with Gasteiger partial charge >= 0.3 is 6.18 Å². The molecule has 1 N–H and O–H groups in total. The third-order valence-electron chi connectivity index (χ3n) is 3.15. The molecule has 0 bridgehead atoms. The van der Waals surface area contributed by atoms with E-state index in [0.29, 0.717) is 6.61 Å². The Kier molecular flexibility index (Phi) is 7.75. The van der Waals surface area contributed by atoms with Crippen molar-refractivity contribution in [1.29, 1.82) is 0 Å². The third kappa shape index (κ3) is 8.07. The van der Waals surface area contributed by atoms with Crippen molar-refractivity contribution in [1.82, 2.24) is 5.32 Å². The fourth-order valence-corrected chi connectivity index (χ4v) is 1.97. The van der Waals surface area contributed by atoms with Gasteiger partial charge in [-0.2, -0.15) is 13.2 Å². The molecule has 1 aromatic carbocycles. The summed E-state index contributed by atoms with van der Waals surface area (Å²) in [5.74, 6) is 0. The van der Waals surface area contributed by atoms with E-state index >= 15 is 0 Å². The fourth-order valence-electron chi connectivity index (χ4n) is 1.97. The van der Waals surface area contributed by atoms with Crippen LogP contribution in [0.5, 0.6) is 0 Å². The molecule has 0 aromatic heterocycles. The van der Waals surface area contributed by atoms with Gasteiger partial charge < -0.3 is 10.1 Å². The summed E-state index contributed by atoms with van der Waals surface area (Å²) in [5.41, 5.74) is 2.28. The molecule has 0 amide bonds. The zero-order chi connectivity index (χ0) is 15.7. The van der Waals surface area contributed by atoms with Crippen molar-refractivity contribution in [2.75, 3.05) is 19.8 Å². The van der Waals surface area contributed by atoms with Gasteiger partial charge in [-0.15, -0.1) is 0 Å². The molecule has 0 radical (unpaired) electrons. The first-order valence-corrected chi connectivity index (χ1v) is 7.37. The van der Waals surface area contributed by atoms with Gasteiger partial charge in [-0.3, -0.25) is 0 Å². The summed E-state index contributed by atoms with van der Waals surface area (Å²) in [6, 6.07) is 8.14. The average molecular weight is 303 g/mol. The van der Waals surface area contributed by atoms with Crippen LogP contribution in [0.15, 0.2) is 24.3 Å². The summed E-state index contributed by atoms with van der Waals surface area (Å²) < 4.78 is 41.5. The Hall–Kier alpha value is -1.07. The fraction of sp³-hybridized carbons (Fsp3) is 0.625. The number of nitrogens with one attached hydrogen (secondary N) is 1. The molecule has 0 aliphatic rings. The topological polar surface area (TPSA) is 21.3 Å². The number of halogens is 3. The van der Waals surface area contributed by atoms with E-state index in [0.717, 1.165) is 18.5 Å². The molecule has 1 rings (SSSR count). The van der Waals surface area contributed by atoms with Crippen molar-refractivity contribution in [3.8, 4) is 0 Å². The van der Waals surface area contributed by atoms with Gasteiger partial charge in [0.2, 0.25) is 0 Å². The molecule has 1 aromatic rings. The van der Waals surface area contributed by atoms with Crippen molar-refractivity contribution >= 4 is 0 Å². The van der Waals surface area contributed by atoms with Gasteiger partial charge in [0.25, 0.3) is 0 Å². The van der Waals surface area contributed by atoms with Gasteiger partial charge in [-0.05, 0) is 31.9 Å². The molecule has 0 saturated heterocycles. The van der Waals surface area contributed by atoms with Gasteiger partial charge in [0.05, 0.1) is 12.6 Å². The first-order chi connectivity index (χ1) is 9.92. The Morgan fingerprint density at radius 2 is 1.86 bits per heavy atom. The maximum Gasteiger partial charge on any atom is 0.389 e. The Morgan fingerprint density at radius 1 is 1.19 bits per heavy atom. The molecule has 0 heterocycles. The average Bonchev–Trinajstić information content (AvgIpc) is 2.42. The maximum atomic E-state index is 12.0. The van der Waals surface area contributed by atoms with Gasteiger partial charge in [0.1, 0.15) is 0 Å². The van der Waals surface area contributed by atoms with Crippen molar-refractivity contribution in [2.45, 2.75) is 45.3 Å². The number of hydrogen-bond donors (Lipinski definition) is 1. The highest BCUT2D eigenvalue weighted by Crippen LogP contribution is 2.21. The van der Waals surface area contributed by atoms with Gasteiger partial charge in [0.15, 0.2) is 0 Å². The van der Waals surface area contributed by atoms with E-state index in [2.05, 4.69) is 12.2 Å². The quantitative estimate of drug-likeness (QED) is 0.683. The maximum absolute atomic E-state index is 12.0. The standard InChI is InChI=1S/C16H24F3NO/c1-3-10-20-15(14-7-5-13(2)6-8-14)12-21-11-4-9-16(17,18)19/h5-8,15,20H,3-4,9-12H2,1-2H3. The predicted molar refractivity (Wildman–Crippen MR) is 78.3 cm³/mol. The molecule has 1 atom stereocenters. The zero-order valence-corrected chi connectivity index (χ0v) is 12.7. The lowest BCUT2D eigenvalue weighted by molar-refractivity contribution is -0.138. The number of benzene rings is 1. The number of alkyl halides is 3. The number of aryl methyl sites for hydroxylation is 1. The molecule has 1 unspecified atom stereocenters. The van der Waals surface area contributed by atoms with Crippen LogP contribution < -0.4 is 5.32 Å². The molecule has 2 nitrogen and oxygen atoms in total. The molecular weight excluding hydrogens is 279 g/mol. The highest BCUT2D eigenvalue weighted by molar-refractivity contribution is 5.24. The number of ether oxygens (including phenoxy) is 1. The van der Waals surface area contributed by atoms with Crippen LogP contribution in [0.2, 0.25) is 0 Å². The molecule has 0 aliphatic heterocycles. The predicted octanol–water partition coefficient (Wildman–Crippen LogP) is 4.39. The van der Waals surface area contributed by atoms with E-state index < -0.39 is 12.6 Å². The Labute approximate surface area is 124 Å². The molecule has 21 heavy (non-hydrogen) atoms. The Balaban J connectivity index is 2.41. The number of hydrogen-bond acceptors (Lipinski definition) is 2. The van der Waals surface area contributed by atoms with Crippen LogP contribution >= 0.6 is 0 Å². The molecule has 0 saturated carbocycles. The highest BCUT2D eigenvalue weighted by atomic mass is 19.4. The lowest BCUT2D eigenvalue weighted by Crippen LogP contribution is -2.26. The second kappa shape index (κ2) is 9.05. The van der Waals surface area contributed by atoms with E-state index in [9.17, 15) is 13.2 Å². The minimum absolute atomic E-state index is 0.0118. The molecule has 0 spiro atoms. The first-order valence-electron chi connectivity index (χ1n) is 7.37. The molecule has 0 fully saturated rings.